The molecule has 2 aromatic carbocycles. The number of hydrogen-bond donors (Lipinski definition) is 0. The molecule has 1 fully saturated rings. The lowest BCUT2D eigenvalue weighted by Crippen LogP contribution is -2.49. The molecular weight excluding hydrogens is 614 g/mol. The Morgan fingerprint density at radius 1 is 0.917 bits per heavy atom. The van der Waals surface area contributed by atoms with Crippen LogP contribution in [-0.2, 0) is 25.6 Å². The SMILES string of the molecule is CC(C)(C)OC(=O)C(CCn1nnc2ccccc2c1=O)(CC(=O)c1cc2cc(OCCC3CCCC3)ccc2o1)C(=O)OC(C)(C)C. The first-order chi connectivity index (χ1) is 22.6. The number of ketones is 1. The first kappa shape index (κ1) is 34.8. The average Bonchev–Trinajstić information content (AvgIpc) is 3.68. The molecule has 0 spiro atoms. The van der Waals surface area contributed by atoms with Crippen molar-refractivity contribution in [3.05, 3.63) is 64.6 Å². The second kappa shape index (κ2) is 13.9. The summed E-state index contributed by atoms with van der Waals surface area (Å²) in [7, 11) is 0. The van der Waals surface area contributed by atoms with Crippen LogP contribution in [-0.4, -0.2) is 50.5 Å². The lowest BCUT2D eigenvalue weighted by molar-refractivity contribution is -0.186. The van der Waals surface area contributed by atoms with Crippen molar-refractivity contribution in [2.24, 2.45) is 11.3 Å². The quantitative estimate of drug-likeness (QED) is 0.0903. The Morgan fingerprint density at radius 3 is 2.25 bits per heavy atom. The van der Waals surface area contributed by atoms with Crippen molar-refractivity contribution in [3.8, 4) is 5.75 Å². The Bertz CT molecular complexity index is 1830. The second-order valence-electron chi connectivity index (χ2n) is 14.7. The van der Waals surface area contributed by atoms with Gasteiger partial charge in [0.25, 0.3) is 5.56 Å². The molecule has 2 aromatic heterocycles. The third kappa shape index (κ3) is 8.29. The van der Waals surface area contributed by atoms with Crippen LogP contribution in [0.3, 0.4) is 0 Å². The minimum atomic E-state index is -2.14. The molecule has 256 valence electrons. The van der Waals surface area contributed by atoms with Gasteiger partial charge >= 0.3 is 11.9 Å². The summed E-state index contributed by atoms with van der Waals surface area (Å²) in [4.78, 5) is 55.4. The molecule has 4 aromatic rings. The van der Waals surface area contributed by atoms with E-state index in [1.165, 1.54) is 25.7 Å². The summed E-state index contributed by atoms with van der Waals surface area (Å²) in [6.45, 7) is 10.4. The van der Waals surface area contributed by atoms with Crippen molar-refractivity contribution >= 4 is 39.6 Å². The molecule has 2 heterocycles. The maximum absolute atomic E-state index is 14.1. The molecular formula is C37H45N3O8. The Labute approximate surface area is 279 Å². The fraction of sp³-hybridized carbons (Fsp3) is 0.514. The number of Topliss-reactive ketones (excluding diaryl/α,β-unsaturated/α-hetero) is 1. The Kier molecular flexibility index (Phi) is 10.1. The minimum Gasteiger partial charge on any atom is -0.494 e. The fourth-order valence-corrected chi connectivity index (χ4v) is 5.99. The maximum Gasteiger partial charge on any atom is 0.324 e. The van der Waals surface area contributed by atoms with Gasteiger partial charge in [-0.1, -0.05) is 43.0 Å². The monoisotopic (exact) mass is 659 g/mol. The van der Waals surface area contributed by atoms with Crippen LogP contribution in [0, 0.1) is 11.3 Å². The van der Waals surface area contributed by atoms with E-state index in [1.54, 1.807) is 84.0 Å². The third-order valence-corrected chi connectivity index (χ3v) is 8.45. The van der Waals surface area contributed by atoms with Gasteiger partial charge in [0.15, 0.2) is 17.0 Å². The molecule has 0 atom stereocenters. The van der Waals surface area contributed by atoms with E-state index in [-0.39, 0.29) is 18.7 Å². The number of hydrogen-bond acceptors (Lipinski definition) is 10. The molecule has 1 aliphatic rings. The van der Waals surface area contributed by atoms with Gasteiger partial charge in [-0.15, -0.1) is 5.10 Å². The zero-order valence-electron chi connectivity index (χ0n) is 28.7. The van der Waals surface area contributed by atoms with E-state index in [1.807, 2.05) is 6.07 Å². The van der Waals surface area contributed by atoms with Gasteiger partial charge in [0.1, 0.15) is 28.1 Å². The summed E-state index contributed by atoms with van der Waals surface area (Å²) in [6, 6.07) is 13.6. The van der Waals surface area contributed by atoms with Crippen molar-refractivity contribution in [1.82, 2.24) is 15.0 Å². The van der Waals surface area contributed by atoms with Crippen LogP contribution in [0.5, 0.6) is 5.75 Å². The molecule has 0 amide bonds. The highest BCUT2D eigenvalue weighted by Crippen LogP contribution is 2.37. The van der Waals surface area contributed by atoms with Gasteiger partial charge in [0.2, 0.25) is 0 Å². The first-order valence-corrected chi connectivity index (χ1v) is 16.6. The molecule has 11 nitrogen and oxygen atoms in total. The lowest BCUT2D eigenvalue weighted by Gasteiger charge is -2.34. The van der Waals surface area contributed by atoms with Crippen LogP contribution in [0.25, 0.3) is 21.9 Å². The molecule has 0 unspecified atom stereocenters. The molecule has 0 saturated heterocycles. The van der Waals surface area contributed by atoms with Crippen LogP contribution in [0.1, 0.15) is 97.0 Å². The van der Waals surface area contributed by atoms with Gasteiger partial charge in [-0.25, -0.2) is 4.68 Å². The summed E-state index contributed by atoms with van der Waals surface area (Å²) in [5.74, 6) is -1.18. The molecule has 11 heteroatoms. The van der Waals surface area contributed by atoms with Gasteiger partial charge in [0.05, 0.1) is 12.0 Å². The smallest absolute Gasteiger partial charge is 0.324 e. The standard InChI is InChI=1S/C37H45N3O8/c1-35(2,3)47-33(43)37(34(44)48-36(4,5)6,18-19-40-32(42)27-13-9-10-14-28(27)38-39-40)23-29(41)31-22-25-21-26(15-16-30(25)46-31)45-20-17-24-11-7-8-12-24/h9-10,13-16,21-22,24H,7-8,11-12,17-20,23H2,1-6H3. The highest BCUT2D eigenvalue weighted by Gasteiger charge is 2.53. The van der Waals surface area contributed by atoms with Crippen molar-refractivity contribution in [3.63, 3.8) is 0 Å². The maximum atomic E-state index is 14.1. The molecule has 0 aliphatic heterocycles. The number of benzene rings is 2. The number of ether oxygens (including phenoxy) is 3. The number of aryl methyl sites for hydroxylation is 1. The number of fused-ring (bicyclic) bond motifs is 2. The number of rotatable bonds is 12. The zero-order valence-corrected chi connectivity index (χ0v) is 28.7. The van der Waals surface area contributed by atoms with Gasteiger partial charge in [0, 0.05) is 18.4 Å². The summed E-state index contributed by atoms with van der Waals surface area (Å²) >= 11 is 0. The number of aromatic nitrogens is 3. The van der Waals surface area contributed by atoms with Crippen LogP contribution in [0.4, 0.5) is 0 Å². The van der Waals surface area contributed by atoms with E-state index >= 15 is 0 Å². The van der Waals surface area contributed by atoms with Crippen LogP contribution >= 0.6 is 0 Å². The molecule has 0 bridgehead atoms. The Morgan fingerprint density at radius 2 is 1.58 bits per heavy atom. The molecule has 48 heavy (non-hydrogen) atoms. The highest BCUT2D eigenvalue weighted by molar-refractivity contribution is 6.08. The van der Waals surface area contributed by atoms with E-state index in [0.717, 1.165) is 11.1 Å². The molecule has 0 N–H and O–H groups in total. The number of furan rings is 1. The van der Waals surface area contributed by atoms with E-state index in [2.05, 4.69) is 10.3 Å². The van der Waals surface area contributed by atoms with Gasteiger partial charge < -0.3 is 18.6 Å². The molecule has 0 radical (unpaired) electrons. The van der Waals surface area contributed by atoms with E-state index < -0.39 is 46.3 Å². The van der Waals surface area contributed by atoms with Crippen molar-refractivity contribution < 1.29 is 33.0 Å². The van der Waals surface area contributed by atoms with E-state index in [4.69, 9.17) is 18.6 Å². The summed E-state index contributed by atoms with van der Waals surface area (Å²) in [5, 5.41) is 9.12. The van der Waals surface area contributed by atoms with E-state index in [9.17, 15) is 19.2 Å². The Hall–Kier alpha value is -4.54. The number of esters is 2. The van der Waals surface area contributed by atoms with Crippen LogP contribution < -0.4 is 10.3 Å². The van der Waals surface area contributed by atoms with Gasteiger partial charge in [-0.05, 0) is 96.7 Å². The predicted molar refractivity (Wildman–Crippen MR) is 180 cm³/mol. The van der Waals surface area contributed by atoms with Crippen molar-refractivity contribution in [1.29, 1.82) is 0 Å². The van der Waals surface area contributed by atoms with E-state index in [0.29, 0.717) is 40.1 Å². The van der Waals surface area contributed by atoms with Gasteiger partial charge in [-0.2, -0.15) is 0 Å². The Balaban J connectivity index is 1.46. The van der Waals surface area contributed by atoms with Crippen molar-refractivity contribution in [2.45, 2.75) is 104 Å². The molecule has 5 rings (SSSR count). The summed E-state index contributed by atoms with van der Waals surface area (Å²) in [5.41, 5.74) is -3.72. The highest BCUT2D eigenvalue weighted by atomic mass is 16.6. The lowest BCUT2D eigenvalue weighted by atomic mass is 9.78. The predicted octanol–water partition coefficient (Wildman–Crippen LogP) is 6.83. The summed E-state index contributed by atoms with van der Waals surface area (Å²) < 4.78 is 24.5. The van der Waals surface area contributed by atoms with Crippen molar-refractivity contribution in [2.75, 3.05) is 6.61 Å². The topological polar surface area (TPSA) is 140 Å². The summed E-state index contributed by atoms with van der Waals surface area (Å²) in [6.07, 6.45) is 5.10. The largest absolute Gasteiger partial charge is 0.494 e. The fourth-order valence-electron chi connectivity index (χ4n) is 5.99. The average molecular weight is 660 g/mol. The first-order valence-electron chi connectivity index (χ1n) is 16.6. The number of nitrogens with zero attached hydrogens (tertiary/aromatic N) is 3. The van der Waals surface area contributed by atoms with Crippen LogP contribution in [0.15, 0.2) is 57.7 Å². The molecule has 1 aliphatic carbocycles. The third-order valence-electron chi connectivity index (χ3n) is 8.45. The number of carbonyl (C=O) groups is 3. The second-order valence-corrected chi connectivity index (χ2v) is 14.7. The normalized spacial score (nSPS) is 14.4. The van der Waals surface area contributed by atoms with Crippen LogP contribution in [0.2, 0.25) is 0 Å². The molecule has 1 saturated carbocycles. The number of carbonyl (C=O) groups excluding carboxylic acids is 3. The minimum absolute atomic E-state index is 0.0349. The van der Waals surface area contributed by atoms with Gasteiger partial charge in [-0.3, -0.25) is 19.2 Å². The zero-order chi connectivity index (χ0) is 34.7.